The molecule has 252 valence electrons. The minimum Gasteiger partial charge on any atom is -0.493 e. The van der Waals surface area contributed by atoms with Crippen molar-refractivity contribution >= 4 is 11.9 Å². The van der Waals surface area contributed by atoms with Gasteiger partial charge in [0.25, 0.3) is 0 Å². The van der Waals surface area contributed by atoms with Crippen LogP contribution in [0.1, 0.15) is 81.9 Å². The highest BCUT2D eigenvalue weighted by Crippen LogP contribution is 2.41. The van der Waals surface area contributed by atoms with E-state index in [1.165, 1.54) is 19.4 Å². The van der Waals surface area contributed by atoms with Crippen LogP contribution in [-0.2, 0) is 38.4 Å². The average Bonchev–Trinajstić information content (AvgIpc) is 3.02. The zero-order valence-corrected chi connectivity index (χ0v) is 28.0. The van der Waals surface area contributed by atoms with Crippen LogP contribution in [0.3, 0.4) is 0 Å². The maximum absolute atomic E-state index is 11.1. The van der Waals surface area contributed by atoms with Crippen LogP contribution >= 0.6 is 0 Å². The number of carbonyl (C=O) groups excluding carboxylic acids is 2. The van der Waals surface area contributed by atoms with Crippen LogP contribution in [0.5, 0.6) is 11.5 Å². The number of hydrogen-bond donors (Lipinski definition) is 1. The van der Waals surface area contributed by atoms with Gasteiger partial charge in [-0.15, -0.1) is 13.2 Å². The largest absolute Gasteiger partial charge is 0.493 e. The van der Waals surface area contributed by atoms with Crippen molar-refractivity contribution in [3.63, 3.8) is 0 Å². The van der Waals surface area contributed by atoms with E-state index < -0.39 is 0 Å². The fraction of sp³-hybridized carbons (Fsp3) is 0.526. The summed E-state index contributed by atoms with van der Waals surface area (Å²) < 4.78 is 23.3. The second kappa shape index (κ2) is 20.5. The topological polar surface area (TPSA) is 100 Å². The van der Waals surface area contributed by atoms with Crippen LogP contribution in [0.25, 0.3) is 11.1 Å². The fourth-order valence-corrected chi connectivity index (χ4v) is 5.64. The Bertz CT molecular complexity index is 1270. The van der Waals surface area contributed by atoms with Crippen molar-refractivity contribution in [2.45, 2.75) is 90.6 Å². The van der Waals surface area contributed by atoms with E-state index in [4.69, 9.17) is 24.7 Å². The van der Waals surface area contributed by atoms with Gasteiger partial charge in [0.1, 0.15) is 11.5 Å². The lowest BCUT2D eigenvalue weighted by Gasteiger charge is -2.31. The summed E-state index contributed by atoms with van der Waals surface area (Å²) in [6.45, 7) is 15.5. The van der Waals surface area contributed by atoms with Crippen molar-refractivity contribution in [1.82, 2.24) is 4.90 Å². The van der Waals surface area contributed by atoms with Gasteiger partial charge >= 0.3 is 11.9 Å². The first kappa shape index (κ1) is 36.8. The van der Waals surface area contributed by atoms with Gasteiger partial charge in [-0.3, -0.25) is 14.5 Å². The molecule has 0 aliphatic carbocycles. The summed E-state index contributed by atoms with van der Waals surface area (Å²) in [6, 6.07) is 11.1. The van der Waals surface area contributed by atoms with Crippen LogP contribution in [0.4, 0.5) is 0 Å². The SMILES string of the molecule is C=CCc1ccc(OCCCCCOC(C)=O)c(-c2cc(CC=C)cc(CN3CCC(N)CC3)c2OCCCCCOC(C)=O)c1. The average molecular weight is 635 g/mol. The lowest BCUT2D eigenvalue weighted by molar-refractivity contribution is -0.142. The van der Waals surface area contributed by atoms with E-state index in [2.05, 4.69) is 48.4 Å². The van der Waals surface area contributed by atoms with Gasteiger partial charge in [0.15, 0.2) is 0 Å². The Morgan fingerprint density at radius 1 is 0.783 bits per heavy atom. The van der Waals surface area contributed by atoms with E-state index >= 15 is 0 Å². The van der Waals surface area contributed by atoms with E-state index in [0.717, 1.165) is 118 Å². The van der Waals surface area contributed by atoms with Gasteiger partial charge in [-0.25, -0.2) is 0 Å². The minimum absolute atomic E-state index is 0.248. The molecule has 46 heavy (non-hydrogen) atoms. The number of ether oxygens (including phenoxy) is 4. The van der Waals surface area contributed by atoms with Crippen LogP contribution in [-0.4, -0.2) is 62.4 Å². The number of benzene rings is 2. The van der Waals surface area contributed by atoms with Gasteiger partial charge in [0.2, 0.25) is 0 Å². The Morgan fingerprint density at radius 3 is 1.96 bits per heavy atom. The second-order valence-electron chi connectivity index (χ2n) is 12.1. The minimum atomic E-state index is -0.248. The molecule has 2 aromatic carbocycles. The molecule has 8 nitrogen and oxygen atoms in total. The van der Waals surface area contributed by atoms with Gasteiger partial charge in [0, 0.05) is 43.1 Å². The quantitative estimate of drug-likeness (QED) is 0.0894. The molecule has 0 aromatic heterocycles. The Balaban J connectivity index is 1.92. The van der Waals surface area contributed by atoms with Crippen LogP contribution < -0.4 is 15.2 Å². The molecule has 2 aromatic rings. The van der Waals surface area contributed by atoms with E-state index in [1.807, 2.05) is 12.2 Å². The van der Waals surface area contributed by atoms with Gasteiger partial charge in [-0.1, -0.05) is 24.3 Å². The van der Waals surface area contributed by atoms with E-state index in [0.29, 0.717) is 26.4 Å². The van der Waals surface area contributed by atoms with E-state index in [1.54, 1.807) is 0 Å². The zero-order chi connectivity index (χ0) is 33.1. The molecule has 1 aliphatic rings. The number of nitrogens with two attached hydrogens (primary N) is 1. The number of rotatable bonds is 21. The third-order valence-corrected chi connectivity index (χ3v) is 8.04. The highest BCUT2D eigenvalue weighted by molar-refractivity contribution is 5.78. The Labute approximate surface area is 275 Å². The first-order valence-corrected chi connectivity index (χ1v) is 16.8. The fourth-order valence-electron chi connectivity index (χ4n) is 5.64. The molecule has 0 unspecified atom stereocenters. The van der Waals surface area contributed by atoms with Crippen molar-refractivity contribution in [1.29, 1.82) is 0 Å². The summed E-state index contributed by atoms with van der Waals surface area (Å²) >= 11 is 0. The molecule has 0 radical (unpaired) electrons. The molecule has 0 amide bonds. The van der Waals surface area contributed by atoms with Crippen LogP contribution in [0, 0.1) is 0 Å². The molecule has 0 saturated carbocycles. The summed E-state index contributed by atoms with van der Waals surface area (Å²) in [7, 11) is 0. The molecule has 1 saturated heterocycles. The highest BCUT2D eigenvalue weighted by atomic mass is 16.5. The van der Waals surface area contributed by atoms with E-state index in [9.17, 15) is 9.59 Å². The molecule has 8 heteroatoms. The van der Waals surface area contributed by atoms with Gasteiger partial charge in [-0.2, -0.15) is 0 Å². The van der Waals surface area contributed by atoms with Crippen LogP contribution in [0.2, 0.25) is 0 Å². The Hall–Kier alpha value is -3.62. The molecule has 0 spiro atoms. The molecular weight excluding hydrogens is 580 g/mol. The van der Waals surface area contributed by atoms with Crippen molar-refractivity contribution in [2.75, 3.05) is 39.5 Å². The van der Waals surface area contributed by atoms with Crippen molar-refractivity contribution in [2.24, 2.45) is 5.73 Å². The number of unbranched alkanes of at least 4 members (excludes halogenated alkanes) is 4. The summed E-state index contributed by atoms with van der Waals surface area (Å²) in [5.41, 5.74) is 11.7. The molecule has 1 fully saturated rings. The maximum Gasteiger partial charge on any atom is 0.302 e. The summed E-state index contributed by atoms with van der Waals surface area (Å²) in [4.78, 5) is 24.7. The Kier molecular flexibility index (Phi) is 16.4. The number of carbonyl (C=O) groups is 2. The van der Waals surface area contributed by atoms with E-state index in [-0.39, 0.29) is 18.0 Å². The molecule has 1 heterocycles. The van der Waals surface area contributed by atoms with Crippen molar-refractivity contribution < 1.29 is 28.5 Å². The number of likely N-dealkylation sites (tertiary alicyclic amines) is 1. The standard InChI is InChI=1S/C38H54N2O6/c1-5-13-31-15-16-37(45-23-11-7-9-21-43-29(3)41)35(26-31)36-27-32(14-6-2)25-33(28-40-19-17-34(39)18-20-40)38(36)46-24-12-8-10-22-44-30(4)42/h5-6,15-16,25-27,34H,1-2,7-14,17-24,28,39H2,3-4H3. The molecule has 3 rings (SSSR count). The van der Waals surface area contributed by atoms with Gasteiger partial charge in [-0.05, 0) is 107 Å². The van der Waals surface area contributed by atoms with Crippen molar-refractivity contribution in [3.05, 3.63) is 72.3 Å². The highest BCUT2D eigenvalue weighted by Gasteiger charge is 2.22. The molecule has 0 atom stereocenters. The lowest BCUT2D eigenvalue weighted by Crippen LogP contribution is -2.39. The van der Waals surface area contributed by atoms with Gasteiger partial charge < -0.3 is 24.7 Å². The number of nitrogens with zero attached hydrogens (tertiary/aromatic N) is 1. The lowest BCUT2D eigenvalue weighted by atomic mass is 9.93. The second-order valence-corrected chi connectivity index (χ2v) is 12.1. The summed E-state index contributed by atoms with van der Waals surface area (Å²) in [5.74, 6) is 1.19. The summed E-state index contributed by atoms with van der Waals surface area (Å²) in [6.07, 6.45) is 12.4. The maximum atomic E-state index is 11.1. The predicted molar refractivity (Wildman–Crippen MR) is 184 cm³/mol. The number of hydrogen-bond acceptors (Lipinski definition) is 8. The number of piperidine rings is 1. The van der Waals surface area contributed by atoms with Gasteiger partial charge in [0.05, 0.1) is 26.4 Å². The van der Waals surface area contributed by atoms with Crippen molar-refractivity contribution in [3.8, 4) is 22.6 Å². The van der Waals surface area contributed by atoms with Crippen LogP contribution in [0.15, 0.2) is 55.6 Å². The first-order valence-electron chi connectivity index (χ1n) is 16.8. The molecule has 2 N–H and O–H groups in total. The third-order valence-electron chi connectivity index (χ3n) is 8.04. The third kappa shape index (κ3) is 13.0. The Morgan fingerprint density at radius 2 is 1.35 bits per heavy atom. The molecule has 1 aliphatic heterocycles. The molecule has 0 bridgehead atoms. The molecular formula is C38H54N2O6. The normalized spacial score (nSPS) is 13.6. The number of allylic oxidation sites excluding steroid dienone is 2. The first-order chi connectivity index (χ1) is 22.3. The summed E-state index contributed by atoms with van der Waals surface area (Å²) in [5, 5.41) is 0. The monoisotopic (exact) mass is 634 g/mol. The smallest absolute Gasteiger partial charge is 0.302 e. The predicted octanol–water partition coefficient (Wildman–Crippen LogP) is 6.96. The number of esters is 2. The zero-order valence-electron chi connectivity index (χ0n) is 28.0.